The number of nitrogens with zero attached hydrogens (tertiary/aromatic N) is 2. The first-order valence-electron chi connectivity index (χ1n) is 11.3. The number of anilines is 3. The summed E-state index contributed by atoms with van der Waals surface area (Å²) in [7, 11) is -3.51. The van der Waals surface area contributed by atoms with Gasteiger partial charge in [0.15, 0.2) is 21.5 Å². The molecule has 6 bridgehead atoms. The molecule has 33 heavy (non-hydrogen) atoms. The highest BCUT2D eigenvalue weighted by Crippen LogP contribution is 2.54. The van der Waals surface area contributed by atoms with E-state index in [4.69, 9.17) is 0 Å². The van der Waals surface area contributed by atoms with E-state index in [2.05, 4.69) is 27.2 Å². The van der Waals surface area contributed by atoms with Crippen molar-refractivity contribution in [1.82, 2.24) is 9.97 Å². The van der Waals surface area contributed by atoms with E-state index in [9.17, 15) is 17.6 Å². The van der Waals surface area contributed by atoms with Crippen LogP contribution >= 0.6 is 0 Å². The third-order valence-electron chi connectivity index (χ3n) is 7.43. The Bertz CT molecular complexity index is 1230. The summed E-state index contributed by atoms with van der Waals surface area (Å²) in [6, 6.07) is 6.73. The van der Waals surface area contributed by atoms with Crippen LogP contribution in [0.15, 0.2) is 41.9 Å². The molecule has 2 N–H and O–H groups in total. The maximum absolute atomic E-state index is 14.7. The normalized spacial score (nSPS) is 30.4. The molecule has 2 heterocycles. The molecule has 5 atom stereocenters. The van der Waals surface area contributed by atoms with Gasteiger partial charge in [-0.15, -0.1) is 0 Å². The minimum absolute atomic E-state index is 0.0743. The fourth-order valence-corrected chi connectivity index (χ4v) is 7.24. The summed E-state index contributed by atoms with van der Waals surface area (Å²) in [6.45, 7) is 5.47. The van der Waals surface area contributed by atoms with Crippen LogP contribution in [0.3, 0.4) is 0 Å². The SMILES string of the molecule is C=C1CCC2CC3CC2C(Nc2nc(ncc2F)Nc2cccc(c2)CS1(=O)=O)C3C(C)=O. The number of benzene rings is 1. The van der Waals surface area contributed by atoms with Gasteiger partial charge in [0, 0.05) is 22.6 Å². The number of sulfone groups is 1. The molecule has 5 unspecified atom stereocenters. The van der Waals surface area contributed by atoms with Gasteiger partial charge in [0.25, 0.3) is 0 Å². The zero-order chi connectivity index (χ0) is 23.3. The monoisotopic (exact) mass is 470 g/mol. The van der Waals surface area contributed by atoms with Crippen LogP contribution in [0.4, 0.5) is 21.8 Å². The van der Waals surface area contributed by atoms with Crippen molar-refractivity contribution in [2.24, 2.45) is 23.7 Å². The number of hydrogen-bond acceptors (Lipinski definition) is 7. The first-order chi connectivity index (χ1) is 15.7. The molecule has 174 valence electrons. The average molecular weight is 471 g/mol. The van der Waals surface area contributed by atoms with Crippen molar-refractivity contribution in [3.63, 3.8) is 0 Å². The van der Waals surface area contributed by atoms with Crippen molar-refractivity contribution in [3.8, 4) is 0 Å². The van der Waals surface area contributed by atoms with Crippen LogP contribution in [0.1, 0.15) is 38.2 Å². The molecule has 0 radical (unpaired) electrons. The number of carbonyl (C=O) groups excluding carboxylic acids is 1. The molecule has 1 aromatic heterocycles. The molecular formula is C24H27FN4O3S. The number of rotatable bonds is 1. The second-order valence-corrected chi connectivity index (χ2v) is 11.6. The number of halogens is 1. The van der Waals surface area contributed by atoms with E-state index in [0.717, 1.165) is 19.0 Å². The van der Waals surface area contributed by atoms with E-state index in [1.54, 1.807) is 31.2 Å². The summed E-state index contributed by atoms with van der Waals surface area (Å²) in [5.41, 5.74) is 1.22. The van der Waals surface area contributed by atoms with Crippen molar-refractivity contribution in [3.05, 3.63) is 53.3 Å². The summed E-state index contributed by atoms with van der Waals surface area (Å²) in [4.78, 5) is 21.1. The zero-order valence-electron chi connectivity index (χ0n) is 18.4. The van der Waals surface area contributed by atoms with Gasteiger partial charge in [0.1, 0.15) is 5.78 Å². The Morgan fingerprint density at radius 1 is 1.24 bits per heavy atom. The standard InChI is InChI=1S/C24H27FN4O3S/c1-13-6-7-16-9-17-10-19(16)22(21(17)14(2)30)28-23-20(25)11-26-24(29-23)27-18-5-3-4-15(8-18)12-33(13,31)32/h3-5,8,11,16-17,19,21-22H,1,6-7,9-10,12H2,2H3,(H2,26,27,28,29). The molecular weight excluding hydrogens is 443 g/mol. The van der Waals surface area contributed by atoms with E-state index >= 15 is 0 Å². The molecule has 0 saturated heterocycles. The Balaban J connectivity index is 1.55. The number of nitrogens with one attached hydrogen (secondary N) is 2. The molecule has 5 rings (SSSR count). The number of allylic oxidation sites excluding steroid dienone is 1. The minimum atomic E-state index is -3.51. The van der Waals surface area contributed by atoms with Crippen molar-refractivity contribution in [2.45, 2.75) is 44.4 Å². The van der Waals surface area contributed by atoms with Crippen molar-refractivity contribution >= 4 is 33.1 Å². The van der Waals surface area contributed by atoms with Crippen LogP contribution in [0.25, 0.3) is 0 Å². The molecule has 2 aromatic rings. The Morgan fingerprint density at radius 2 is 2.06 bits per heavy atom. The zero-order valence-corrected chi connectivity index (χ0v) is 19.2. The predicted molar refractivity (Wildman–Crippen MR) is 124 cm³/mol. The van der Waals surface area contributed by atoms with Gasteiger partial charge in [-0.1, -0.05) is 18.7 Å². The molecule has 1 aromatic carbocycles. The lowest BCUT2D eigenvalue weighted by molar-refractivity contribution is -0.122. The number of hydrogen-bond donors (Lipinski definition) is 2. The first kappa shape index (κ1) is 22.0. The lowest BCUT2D eigenvalue weighted by atomic mass is 9.75. The molecule has 2 aliphatic carbocycles. The lowest BCUT2D eigenvalue weighted by Gasteiger charge is -2.35. The highest BCUT2D eigenvalue weighted by molar-refractivity contribution is 7.94. The quantitative estimate of drug-likeness (QED) is 0.643. The second kappa shape index (κ2) is 8.20. The van der Waals surface area contributed by atoms with Gasteiger partial charge in [-0.3, -0.25) is 4.79 Å². The van der Waals surface area contributed by atoms with Crippen LogP contribution in [0, 0.1) is 29.5 Å². The highest BCUT2D eigenvalue weighted by atomic mass is 32.2. The van der Waals surface area contributed by atoms with Gasteiger partial charge < -0.3 is 10.6 Å². The van der Waals surface area contributed by atoms with E-state index in [1.165, 1.54) is 0 Å². The van der Waals surface area contributed by atoms with Crippen LogP contribution < -0.4 is 10.6 Å². The highest BCUT2D eigenvalue weighted by Gasteiger charge is 2.54. The molecule has 7 nitrogen and oxygen atoms in total. The number of Topliss-reactive ketones (excluding diaryl/α,β-unsaturated/α-hetero) is 1. The smallest absolute Gasteiger partial charge is 0.229 e. The fraction of sp³-hybridized carbons (Fsp3) is 0.458. The predicted octanol–water partition coefficient (Wildman–Crippen LogP) is 4.22. The summed E-state index contributed by atoms with van der Waals surface area (Å²) in [5, 5.41) is 6.26. The number of ketones is 1. The van der Waals surface area contributed by atoms with Gasteiger partial charge in [-0.25, -0.2) is 17.8 Å². The molecule has 0 spiro atoms. The molecule has 1 aliphatic heterocycles. The van der Waals surface area contributed by atoms with Crippen LogP contribution in [-0.2, 0) is 20.4 Å². The van der Waals surface area contributed by atoms with Gasteiger partial charge >= 0.3 is 0 Å². The van der Waals surface area contributed by atoms with Crippen molar-refractivity contribution in [2.75, 3.05) is 10.6 Å². The van der Waals surface area contributed by atoms with Crippen molar-refractivity contribution in [1.29, 1.82) is 0 Å². The Morgan fingerprint density at radius 3 is 2.85 bits per heavy atom. The lowest BCUT2D eigenvalue weighted by Crippen LogP contribution is -2.42. The Labute approximate surface area is 192 Å². The number of fused-ring (bicyclic) bond motifs is 5. The van der Waals surface area contributed by atoms with E-state index < -0.39 is 15.7 Å². The molecule has 0 amide bonds. The van der Waals surface area contributed by atoms with E-state index in [1.807, 2.05) is 0 Å². The maximum atomic E-state index is 14.7. The maximum Gasteiger partial charge on any atom is 0.229 e. The fourth-order valence-electron chi connectivity index (χ4n) is 5.99. The van der Waals surface area contributed by atoms with Gasteiger partial charge in [0.2, 0.25) is 5.95 Å². The Kier molecular flexibility index (Phi) is 5.47. The van der Waals surface area contributed by atoms with Crippen LogP contribution in [0.2, 0.25) is 0 Å². The van der Waals surface area contributed by atoms with Gasteiger partial charge in [-0.2, -0.15) is 4.98 Å². The molecule has 2 saturated carbocycles. The minimum Gasteiger partial charge on any atom is -0.364 e. The topological polar surface area (TPSA) is 101 Å². The van der Waals surface area contributed by atoms with Gasteiger partial charge in [0.05, 0.1) is 11.9 Å². The third kappa shape index (κ3) is 4.14. The molecule has 3 aliphatic rings. The van der Waals surface area contributed by atoms with Crippen LogP contribution in [0.5, 0.6) is 0 Å². The third-order valence-corrected chi connectivity index (χ3v) is 9.23. The van der Waals surface area contributed by atoms with Crippen LogP contribution in [-0.4, -0.2) is 30.2 Å². The second-order valence-electron chi connectivity index (χ2n) is 9.51. The summed E-state index contributed by atoms with van der Waals surface area (Å²) < 4.78 is 40.6. The number of carbonyl (C=O) groups is 1. The summed E-state index contributed by atoms with van der Waals surface area (Å²) >= 11 is 0. The Hall–Kier alpha value is -2.81. The number of aromatic nitrogens is 2. The van der Waals surface area contributed by atoms with Crippen molar-refractivity contribution < 1.29 is 17.6 Å². The average Bonchev–Trinajstić information content (AvgIpc) is 3.32. The summed E-state index contributed by atoms with van der Waals surface area (Å²) in [6.07, 6.45) is 3.92. The van der Waals surface area contributed by atoms with Gasteiger partial charge in [-0.05, 0) is 68.1 Å². The largest absolute Gasteiger partial charge is 0.364 e. The first-order valence-corrected chi connectivity index (χ1v) is 12.9. The van der Waals surface area contributed by atoms with E-state index in [0.29, 0.717) is 24.1 Å². The summed E-state index contributed by atoms with van der Waals surface area (Å²) in [5.74, 6) is 0.0328. The molecule has 9 heteroatoms. The van der Waals surface area contributed by atoms with E-state index in [-0.39, 0.29) is 57.9 Å². The molecule has 2 fully saturated rings.